The lowest BCUT2D eigenvalue weighted by Crippen LogP contribution is -2.43. The molecule has 1 fully saturated rings. The second-order valence-electron chi connectivity index (χ2n) is 6.47. The maximum atomic E-state index is 12.3. The van der Waals surface area contributed by atoms with Crippen LogP contribution < -0.4 is 10.1 Å². The summed E-state index contributed by atoms with van der Waals surface area (Å²) in [6, 6.07) is 7.26. The van der Waals surface area contributed by atoms with Crippen molar-refractivity contribution >= 4 is 11.8 Å². The molecule has 1 N–H and O–H groups in total. The van der Waals surface area contributed by atoms with Crippen molar-refractivity contribution in [1.82, 2.24) is 15.1 Å². The highest BCUT2D eigenvalue weighted by molar-refractivity contribution is 5.96. The molecule has 1 aliphatic rings. The summed E-state index contributed by atoms with van der Waals surface area (Å²) in [5, 5.41) is 2.95. The molecule has 0 spiro atoms. The van der Waals surface area contributed by atoms with E-state index in [2.05, 4.69) is 10.2 Å². The molecule has 1 heterocycles. The van der Waals surface area contributed by atoms with Gasteiger partial charge in [0.05, 0.1) is 18.2 Å². The number of likely N-dealkylation sites (tertiary alicyclic amines) is 1. The highest BCUT2D eigenvalue weighted by atomic mass is 16.5. The minimum Gasteiger partial charge on any atom is -0.493 e. The van der Waals surface area contributed by atoms with Crippen LogP contribution in [0.15, 0.2) is 24.3 Å². The lowest BCUT2D eigenvalue weighted by molar-refractivity contribution is -0.133. The van der Waals surface area contributed by atoms with Crippen molar-refractivity contribution in [3.8, 4) is 5.75 Å². The zero-order chi connectivity index (χ0) is 18.2. The zero-order valence-electron chi connectivity index (χ0n) is 15.5. The van der Waals surface area contributed by atoms with Crippen molar-refractivity contribution in [3.63, 3.8) is 0 Å². The Hall–Kier alpha value is -2.08. The zero-order valence-corrected chi connectivity index (χ0v) is 15.5. The first-order valence-corrected chi connectivity index (χ1v) is 8.99. The van der Waals surface area contributed by atoms with E-state index in [1.165, 1.54) is 0 Å². The highest BCUT2D eigenvalue weighted by Crippen LogP contribution is 2.19. The van der Waals surface area contributed by atoms with Crippen LogP contribution in [0.3, 0.4) is 0 Å². The summed E-state index contributed by atoms with van der Waals surface area (Å²) in [6.07, 6.45) is 2.79. The van der Waals surface area contributed by atoms with E-state index in [0.717, 1.165) is 32.4 Å². The number of nitrogens with one attached hydrogen (secondary N) is 1. The lowest BCUT2D eigenvalue weighted by Gasteiger charge is -2.26. The topological polar surface area (TPSA) is 61.9 Å². The van der Waals surface area contributed by atoms with Gasteiger partial charge in [-0.1, -0.05) is 12.1 Å². The van der Waals surface area contributed by atoms with Crippen LogP contribution in [-0.4, -0.2) is 68.0 Å². The molecule has 0 saturated carbocycles. The van der Waals surface area contributed by atoms with Crippen molar-refractivity contribution in [2.75, 3.05) is 40.3 Å². The summed E-state index contributed by atoms with van der Waals surface area (Å²) in [6.45, 7) is 4.78. The minimum atomic E-state index is -0.119. The van der Waals surface area contributed by atoms with Gasteiger partial charge < -0.3 is 15.0 Å². The number of nitrogens with zero attached hydrogens (tertiary/aromatic N) is 2. The Morgan fingerprint density at radius 2 is 2.08 bits per heavy atom. The molecule has 0 bridgehead atoms. The molecular weight excluding hydrogens is 318 g/mol. The van der Waals surface area contributed by atoms with Crippen molar-refractivity contribution in [2.24, 2.45) is 0 Å². The second kappa shape index (κ2) is 9.42. The molecular formula is C19H29N3O3. The van der Waals surface area contributed by atoms with Crippen LogP contribution in [0.1, 0.15) is 36.5 Å². The molecule has 1 aromatic rings. The first-order valence-electron chi connectivity index (χ1n) is 8.99. The minimum absolute atomic E-state index is 0.00983. The van der Waals surface area contributed by atoms with Gasteiger partial charge in [-0.05, 0) is 44.9 Å². The first kappa shape index (κ1) is 19.2. The fraction of sp³-hybridized carbons (Fsp3) is 0.579. The third-order valence-electron chi connectivity index (χ3n) is 4.43. The van der Waals surface area contributed by atoms with Crippen molar-refractivity contribution in [1.29, 1.82) is 0 Å². The van der Waals surface area contributed by atoms with Crippen LogP contribution in [0.5, 0.6) is 5.75 Å². The molecule has 2 amide bonds. The number of carbonyl (C=O) groups excluding carboxylic acids is 2. The second-order valence-corrected chi connectivity index (χ2v) is 6.47. The van der Waals surface area contributed by atoms with Crippen LogP contribution in [0, 0.1) is 0 Å². The predicted molar refractivity (Wildman–Crippen MR) is 97.9 cm³/mol. The van der Waals surface area contributed by atoms with E-state index in [4.69, 9.17) is 4.74 Å². The maximum absolute atomic E-state index is 12.3. The van der Waals surface area contributed by atoms with E-state index in [0.29, 0.717) is 24.5 Å². The Morgan fingerprint density at radius 1 is 1.32 bits per heavy atom. The molecule has 0 aromatic heterocycles. The maximum Gasteiger partial charge on any atom is 0.255 e. The van der Waals surface area contributed by atoms with Gasteiger partial charge in [0.1, 0.15) is 5.75 Å². The Kier molecular flexibility index (Phi) is 7.25. The van der Waals surface area contributed by atoms with Gasteiger partial charge in [-0.15, -0.1) is 0 Å². The molecule has 1 unspecified atom stereocenters. The molecule has 0 aliphatic carbocycles. The molecule has 1 saturated heterocycles. The monoisotopic (exact) mass is 347 g/mol. The summed E-state index contributed by atoms with van der Waals surface area (Å²) in [4.78, 5) is 28.4. The summed E-state index contributed by atoms with van der Waals surface area (Å²) in [7, 11) is 3.60. The van der Waals surface area contributed by atoms with E-state index in [9.17, 15) is 9.59 Å². The fourth-order valence-electron chi connectivity index (χ4n) is 3.19. The average Bonchev–Trinajstić information content (AvgIpc) is 3.07. The largest absolute Gasteiger partial charge is 0.493 e. The lowest BCUT2D eigenvalue weighted by atomic mass is 10.2. The molecule has 1 aliphatic heterocycles. The van der Waals surface area contributed by atoms with E-state index in [1.807, 2.05) is 19.1 Å². The van der Waals surface area contributed by atoms with Gasteiger partial charge in [-0.25, -0.2) is 0 Å². The van der Waals surface area contributed by atoms with Crippen LogP contribution in [0.4, 0.5) is 0 Å². The van der Waals surface area contributed by atoms with Crippen molar-refractivity contribution < 1.29 is 14.3 Å². The molecule has 2 rings (SSSR count). The standard InChI is InChI=1S/C19H29N3O3/c1-4-25-17-11-6-5-9-15(17)18(23)20-12-8-14-22-13-7-10-16(22)19(24)21(2)3/h5-6,9,11,16H,4,7-8,10,12-14H2,1-3H3,(H,20,23). The van der Waals surface area contributed by atoms with E-state index in [1.54, 1.807) is 31.1 Å². The molecule has 6 nitrogen and oxygen atoms in total. The summed E-state index contributed by atoms with van der Waals surface area (Å²) in [5.41, 5.74) is 0.561. The van der Waals surface area contributed by atoms with Gasteiger partial charge in [0.25, 0.3) is 5.91 Å². The van der Waals surface area contributed by atoms with Crippen molar-refractivity contribution in [2.45, 2.75) is 32.2 Å². The number of rotatable bonds is 8. The SMILES string of the molecule is CCOc1ccccc1C(=O)NCCCN1CCCC1C(=O)N(C)C. The molecule has 6 heteroatoms. The number of para-hydroxylation sites is 1. The third-order valence-corrected chi connectivity index (χ3v) is 4.43. The molecule has 25 heavy (non-hydrogen) atoms. The van der Waals surface area contributed by atoms with Crippen LogP contribution in [0.2, 0.25) is 0 Å². The number of ether oxygens (including phenoxy) is 1. The Bertz CT molecular complexity index is 589. The third kappa shape index (κ3) is 5.19. The van der Waals surface area contributed by atoms with Gasteiger partial charge in [-0.3, -0.25) is 14.5 Å². The first-order chi connectivity index (χ1) is 12.0. The molecule has 138 valence electrons. The number of hydrogen-bond donors (Lipinski definition) is 1. The van der Waals surface area contributed by atoms with Crippen LogP contribution >= 0.6 is 0 Å². The quantitative estimate of drug-likeness (QED) is 0.728. The number of hydrogen-bond acceptors (Lipinski definition) is 4. The van der Waals surface area contributed by atoms with Gasteiger partial charge in [0.2, 0.25) is 5.91 Å². The molecule has 1 atom stereocenters. The van der Waals surface area contributed by atoms with Gasteiger partial charge >= 0.3 is 0 Å². The van der Waals surface area contributed by atoms with E-state index < -0.39 is 0 Å². The van der Waals surface area contributed by atoms with Crippen LogP contribution in [-0.2, 0) is 4.79 Å². The number of likely N-dealkylation sites (N-methyl/N-ethyl adjacent to an activating group) is 1. The Labute approximate surface area is 150 Å². The summed E-state index contributed by atoms with van der Waals surface area (Å²) >= 11 is 0. The molecule has 1 aromatic carbocycles. The summed E-state index contributed by atoms with van der Waals surface area (Å²) < 4.78 is 5.50. The Balaban J connectivity index is 1.79. The smallest absolute Gasteiger partial charge is 0.255 e. The van der Waals surface area contributed by atoms with E-state index in [-0.39, 0.29) is 17.9 Å². The predicted octanol–water partition coefficient (Wildman–Crippen LogP) is 1.76. The average molecular weight is 347 g/mol. The fourth-order valence-corrected chi connectivity index (χ4v) is 3.19. The summed E-state index contributed by atoms with van der Waals surface area (Å²) in [5.74, 6) is 0.664. The normalized spacial score (nSPS) is 17.3. The van der Waals surface area contributed by atoms with Crippen molar-refractivity contribution in [3.05, 3.63) is 29.8 Å². The Morgan fingerprint density at radius 3 is 2.80 bits per heavy atom. The highest BCUT2D eigenvalue weighted by Gasteiger charge is 2.31. The van der Waals surface area contributed by atoms with Gasteiger partial charge in [0, 0.05) is 27.2 Å². The molecule has 0 radical (unpaired) electrons. The van der Waals surface area contributed by atoms with Crippen LogP contribution in [0.25, 0.3) is 0 Å². The van der Waals surface area contributed by atoms with Gasteiger partial charge in [-0.2, -0.15) is 0 Å². The number of amides is 2. The van der Waals surface area contributed by atoms with E-state index >= 15 is 0 Å². The number of carbonyl (C=O) groups is 2. The van der Waals surface area contributed by atoms with Gasteiger partial charge in [0.15, 0.2) is 0 Å². The number of benzene rings is 1.